The Bertz CT molecular complexity index is 382. The minimum Gasteiger partial charge on any atom is -0.444 e. The van der Waals surface area contributed by atoms with Gasteiger partial charge in [-0.1, -0.05) is 5.21 Å². The van der Waals surface area contributed by atoms with Gasteiger partial charge in [-0.15, -0.1) is 5.10 Å². The molecule has 0 fully saturated rings. The summed E-state index contributed by atoms with van der Waals surface area (Å²) in [4.78, 5) is 11.4. The van der Waals surface area contributed by atoms with Crippen molar-refractivity contribution in [2.75, 3.05) is 6.54 Å². The number of nitrogens with zero attached hydrogens (tertiary/aromatic N) is 3. The van der Waals surface area contributed by atoms with E-state index in [1.807, 2.05) is 0 Å². The number of carbonyl (C=O) groups is 1. The highest BCUT2D eigenvalue weighted by atomic mass is 16.6. The zero-order valence-corrected chi connectivity index (χ0v) is 10.6. The van der Waals surface area contributed by atoms with Crippen molar-refractivity contribution in [3.63, 3.8) is 0 Å². The standard InChI is InChI=1S/C10H19N5O2/c1-10(2,3)17-9(16)12-5-7(11)8-6-13-14-15(8)4/h6-7H,5,11H2,1-4H3,(H,12,16). The number of ether oxygens (including phenoxy) is 1. The summed E-state index contributed by atoms with van der Waals surface area (Å²) < 4.78 is 6.66. The van der Waals surface area contributed by atoms with Gasteiger partial charge in [-0.3, -0.25) is 4.68 Å². The van der Waals surface area contributed by atoms with E-state index in [0.717, 1.165) is 5.69 Å². The molecule has 0 aromatic carbocycles. The van der Waals surface area contributed by atoms with Crippen molar-refractivity contribution >= 4 is 6.09 Å². The molecule has 0 saturated carbocycles. The molecule has 0 aliphatic rings. The number of amides is 1. The number of alkyl carbamates (subject to hydrolysis) is 1. The average molecular weight is 241 g/mol. The highest BCUT2D eigenvalue weighted by molar-refractivity contribution is 5.67. The molecule has 7 nitrogen and oxygen atoms in total. The van der Waals surface area contributed by atoms with E-state index in [9.17, 15) is 4.79 Å². The second kappa shape index (κ2) is 5.13. The maximum Gasteiger partial charge on any atom is 0.407 e. The van der Waals surface area contributed by atoms with E-state index in [1.165, 1.54) is 0 Å². The Kier molecular flexibility index (Phi) is 4.06. The van der Waals surface area contributed by atoms with Crippen LogP contribution < -0.4 is 11.1 Å². The van der Waals surface area contributed by atoms with Crippen LogP contribution in [0.2, 0.25) is 0 Å². The first-order valence-electron chi connectivity index (χ1n) is 5.36. The Balaban J connectivity index is 2.41. The summed E-state index contributed by atoms with van der Waals surface area (Å²) in [6.45, 7) is 5.68. The zero-order valence-electron chi connectivity index (χ0n) is 10.6. The van der Waals surface area contributed by atoms with Crippen molar-refractivity contribution < 1.29 is 9.53 Å². The number of aryl methyl sites for hydroxylation is 1. The Hall–Kier alpha value is -1.63. The molecule has 0 bridgehead atoms. The lowest BCUT2D eigenvalue weighted by Gasteiger charge is -2.20. The number of aromatic nitrogens is 3. The van der Waals surface area contributed by atoms with Crippen LogP contribution in [0.25, 0.3) is 0 Å². The van der Waals surface area contributed by atoms with Crippen molar-refractivity contribution in [1.82, 2.24) is 20.3 Å². The fourth-order valence-electron chi connectivity index (χ4n) is 1.25. The molecule has 96 valence electrons. The zero-order chi connectivity index (χ0) is 13.1. The second-order valence-electron chi connectivity index (χ2n) is 4.77. The normalized spacial score (nSPS) is 13.2. The molecule has 1 amide bonds. The van der Waals surface area contributed by atoms with E-state index in [4.69, 9.17) is 10.5 Å². The van der Waals surface area contributed by atoms with Gasteiger partial charge in [0.15, 0.2) is 0 Å². The van der Waals surface area contributed by atoms with E-state index in [1.54, 1.807) is 38.7 Å². The average Bonchev–Trinajstić information content (AvgIpc) is 2.58. The molecule has 0 aliphatic carbocycles. The molecule has 1 aromatic rings. The molecule has 1 rings (SSSR count). The van der Waals surface area contributed by atoms with Crippen molar-refractivity contribution in [2.24, 2.45) is 12.8 Å². The third-order valence-corrected chi connectivity index (χ3v) is 1.99. The smallest absolute Gasteiger partial charge is 0.407 e. The second-order valence-corrected chi connectivity index (χ2v) is 4.77. The molecule has 0 radical (unpaired) electrons. The van der Waals surface area contributed by atoms with Gasteiger partial charge in [0.05, 0.1) is 17.9 Å². The van der Waals surface area contributed by atoms with Gasteiger partial charge in [-0.25, -0.2) is 4.79 Å². The minimum absolute atomic E-state index is 0.274. The SMILES string of the molecule is Cn1nncc1C(N)CNC(=O)OC(C)(C)C. The summed E-state index contributed by atoms with van der Waals surface area (Å²) in [5.41, 5.74) is 6.12. The first kappa shape index (κ1) is 13.4. The molecule has 17 heavy (non-hydrogen) atoms. The molecule has 1 atom stereocenters. The summed E-state index contributed by atoms with van der Waals surface area (Å²) >= 11 is 0. The van der Waals surface area contributed by atoms with Crippen LogP contribution in [0.5, 0.6) is 0 Å². The number of carbonyl (C=O) groups excluding carboxylic acids is 1. The lowest BCUT2D eigenvalue weighted by molar-refractivity contribution is 0.0524. The number of hydrogen-bond acceptors (Lipinski definition) is 5. The van der Waals surface area contributed by atoms with E-state index in [0.29, 0.717) is 0 Å². The lowest BCUT2D eigenvalue weighted by atomic mass is 10.2. The highest BCUT2D eigenvalue weighted by Crippen LogP contribution is 2.08. The number of nitrogens with two attached hydrogens (primary N) is 1. The summed E-state index contributed by atoms with van der Waals surface area (Å²) in [7, 11) is 1.75. The molecule has 1 aromatic heterocycles. The topological polar surface area (TPSA) is 95.1 Å². The van der Waals surface area contributed by atoms with E-state index in [2.05, 4.69) is 15.6 Å². The van der Waals surface area contributed by atoms with Gasteiger partial charge >= 0.3 is 6.09 Å². The van der Waals surface area contributed by atoms with Gasteiger partial charge in [-0.2, -0.15) is 0 Å². The first-order chi connectivity index (χ1) is 7.79. The molecule has 0 spiro atoms. The number of nitrogens with one attached hydrogen (secondary N) is 1. The Morgan fingerprint density at radius 1 is 1.65 bits per heavy atom. The lowest BCUT2D eigenvalue weighted by Crippen LogP contribution is -2.37. The van der Waals surface area contributed by atoms with Crippen LogP contribution in [-0.4, -0.2) is 33.2 Å². The molecule has 7 heteroatoms. The van der Waals surface area contributed by atoms with Crippen molar-refractivity contribution in [3.05, 3.63) is 11.9 Å². The van der Waals surface area contributed by atoms with Gasteiger partial charge < -0.3 is 15.8 Å². The molecule has 0 saturated heterocycles. The van der Waals surface area contributed by atoms with Crippen LogP contribution in [0.1, 0.15) is 32.5 Å². The van der Waals surface area contributed by atoms with Gasteiger partial charge in [-0.05, 0) is 20.8 Å². The quantitative estimate of drug-likeness (QED) is 0.795. The van der Waals surface area contributed by atoms with E-state index >= 15 is 0 Å². The first-order valence-corrected chi connectivity index (χ1v) is 5.36. The van der Waals surface area contributed by atoms with Crippen molar-refractivity contribution in [1.29, 1.82) is 0 Å². The van der Waals surface area contributed by atoms with Crippen LogP contribution in [0.3, 0.4) is 0 Å². The summed E-state index contributed by atoms with van der Waals surface area (Å²) in [6.07, 6.45) is 1.09. The number of hydrogen-bond donors (Lipinski definition) is 2. The highest BCUT2D eigenvalue weighted by Gasteiger charge is 2.17. The monoisotopic (exact) mass is 241 g/mol. The van der Waals surface area contributed by atoms with Crippen molar-refractivity contribution in [2.45, 2.75) is 32.4 Å². The molecule has 1 heterocycles. The van der Waals surface area contributed by atoms with Crippen LogP contribution >= 0.6 is 0 Å². The number of rotatable bonds is 3. The molecule has 1 unspecified atom stereocenters. The molecular formula is C10H19N5O2. The minimum atomic E-state index is -0.512. The van der Waals surface area contributed by atoms with Gasteiger partial charge in [0.2, 0.25) is 0 Å². The van der Waals surface area contributed by atoms with Gasteiger partial charge in [0, 0.05) is 13.6 Å². The van der Waals surface area contributed by atoms with Gasteiger partial charge in [0.25, 0.3) is 0 Å². The fraction of sp³-hybridized carbons (Fsp3) is 0.700. The van der Waals surface area contributed by atoms with Crippen molar-refractivity contribution in [3.8, 4) is 0 Å². The van der Waals surface area contributed by atoms with Crippen LogP contribution in [-0.2, 0) is 11.8 Å². The predicted molar refractivity (Wildman–Crippen MR) is 62.2 cm³/mol. The van der Waals surface area contributed by atoms with E-state index < -0.39 is 11.7 Å². The fourth-order valence-corrected chi connectivity index (χ4v) is 1.25. The predicted octanol–water partition coefficient (Wildman–Crippen LogP) is 0.340. The summed E-state index contributed by atoms with van der Waals surface area (Å²) in [5.74, 6) is 0. The molecular weight excluding hydrogens is 222 g/mol. The van der Waals surface area contributed by atoms with E-state index in [-0.39, 0.29) is 12.6 Å². The largest absolute Gasteiger partial charge is 0.444 e. The Labute approximate surface area is 100 Å². The maximum absolute atomic E-state index is 11.4. The third-order valence-electron chi connectivity index (χ3n) is 1.99. The van der Waals surface area contributed by atoms with Crippen LogP contribution in [0.15, 0.2) is 6.20 Å². The summed E-state index contributed by atoms with van der Waals surface area (Å²) in [5, 5.41) is 10.1. The molecule has 0 aliphatic heterocycles. The van der Waals surface area contributed by atoms with Gasteiger partial charge in [0.1, 0.15) is 5.60 Å². The maximum atomic E-state index is 11.4. The Morgan fingerprint density at radius 2 is 2.29 bits per heavy atom. The molecule has 3 N–H and O–H groups in total. The van der Waals surface area contributed by atoms with Crippen LogP contribution in [0.4, 0.5) is 4.79 Å². The Morgan fingerprint density at radius 3 is 2.76 bits per heavy atom. The third kappa shape index (κ3) is 4.39. The van der Waals surface area contributed by atoms with Crippen LogP contribution in [0, 0.1) is 0 Å². The summed E-state index contributed by atoms with van der Waals surface area (Å²) in [6, 6.07) is -0.359.